The molecule has 0 aromatic carbocycles. The zero-order chi connectivity index (χ0) is 18.2. The highest BCUT2D eigenvalue weighted by Crippen LogP contribution is 2.43. The second-order valence-electron chi connectivity index (χ2n) is 6.98. The Morgan fingerprint density at radius 2 is 2.20 bits per heavy atom. The van der Waals surface area contributed by atoms with Gasteiger partial charge in [-0.2, -0.15) is 10.5 Å². The third-order valence-electron chi connectivity index (χ3n) is 4.25. The number of hydrogen-bond acceptors (Lipinski definition) is 8. The summed E-state index contributed by atoms with van der Waals surface area (Å²) < 4.78 is 19.6. The van der Waals surface area contributed by atoms with Crippen molar-refractivity contribution in [1.82, 2.24) is 15.0 Å². The SMILES string of the molecule is CC(C)OC[C@]12CNO[C@@H](C1OC(C)C)[C@H](n1ccc(N)nc1=O)O2. The van der Waals surface area contributed by atoms with Gasteiger partial charge in [-0.15, -0.1) is 0 Å². The fourth-order valence-corrected chi connectivity index (χ4v) is 3.15. The fraction of sp³-hybridized carbons (Fsp3) is 0.750. The van der Waals surface area contributed by atoms with Gasteiger partial charge in [0.2, 0.25) is 0 Å². The van der Waals surface area contributed by atoms with Crippen LogP contribution < -0.4 is 16.9 Å². The van der Waals surface area contributed by atoms with Gasteiger partial charge in [0.1, 0.15) is 17.5 Å². The van der Waals surface area contributed by atoms with Crippen LogP contribution in [-0.4, -0.2) is 52.7 Å². The van der Waals surface area contributed by atoms with Gasteiger partial charge in [-0.05, 0) is 33.8 Å². The van der Waals surface area contributed by atoms with Crippen LogP contribution in [0.25, 0.3) is 0 Å². The minimum atomic E-state index is -0.761. The van der Waals surface area contributed by atoms with E-state index in [-0.39, 0.29) is 24.1 Å². The van der Waals surface area contributed by atoms with Crippen LogP contribution in [-0.2, 0) is 19.0 Å². The summed E-state index contributed by atoms with van der Waals surface area (Å²) in [6.45, 7) is 8.53. The molecule has 3 heterocycles. The Labute approximate surface area is 146 Å². The Hall–Kier alpha value is -1.52. The van der Waals surface area contributed by atoms with Crippen molar-refractivity contribution in [3.63, 3.8) is 0 Å². The first-order valence-corrected chi connectivity index (χ1v) is 8.50. The Balaban J connectivity index is 1.95. The van der Waals surface area contributed by atoms with Crippen molar-refractivity contribution in [3.8, 4) is 0 Å². The monoisotopic (exact) mass is 354 g/mol. The van der Waals surface area contributed by atoms with Gasteiger partial charge in [-0.1, -0.05) is 0 Å². The zero-order valence-corrected chi connectivity index (χ0v) is 15.0. The molecule has 1 aromatic rings. The van der Waals surface area contributed by atoms with E-state index >= 15 is 0 Å². The van der Waals surface area contributed by atoms with Crippen molar-refractivity contribution in [2.24, 2.45) is 0 Å². The zero-order valence-electron chi connectivity index (χ0n) is 15.0. The standard InChI is InChI=1S/C16H26N4O5/c1-9(2)22-8-16-7-18-25-12(13(16)23-10(3)4)14(24-16)20-6-5-11(17)19-15(20)21/h5-6,9-10,12-14,18H,7-8H2,1-4H3,(H2,17,19,21)/t12-,13?,14+,16+/m0/s1. The van der Waals surface area contributed by atoms with Crippen molar-refractivity contribution in [1.29, 1.82) is 0 Å². The normalized spacial score (nSPS) is 31.8. The Morgan fingerprint density at radius 3 is 2.84 bits per heavy atom. The van der Waals surface area contributed by atoms with Crippen molar-refractivity contribution in [3.05, 3.63) is 22.7 Å². The van der Waals surface area contributed by atoms with Crippen LogP contribution in [0.4, 0.5) is 5.82 Å². The molecule has 2 aliphatic heterocycles. The molecule has 0 radical (unpaired) electrons. The van der Waals surface area contributed by atoms with E-state index in [9.17, 15) is 4.79 Å². The lowest BCUT2D eigenvalue weighted by molar-refractivity contribution is -0.200. The van der Waals surface area contributed by atoms with Gasteiger partial charge < -0.3 is 19.9 Å². The Kier molecular flexibility index (Phi) is 5.12. The maximum absolute atomic E-state index is 12.3. The third kappa shape index (κ3) is 3.56. The highest BCUT2D eigenvalue weighted by molar-refractivity contribution is 5.24. The van der Waals surface area contributed by atoms with Crippen molar-refractivity contribution in [2.45, 2.75) is 63.9 Å². The Morgan fingerprint density at radius 1 is 1.44 bits per heavy atom. The van der Waals surface area contributed by atoms with E-state index in [1.54, 1.807) is 12.3 Å². The van der Waals surface area contributed by atoms with Gasteiger partial charge in [0.15, 0.2) is 12.3 Å². The number of nitrogen functional groups attached to an aromatic ring is 1. The molecule has 1 aromatic heterocycles. The second kappa shape index (κ2) is 7.00. The highest BCUT2D eigenvalue weighted by Gasteiger charge is 2.61. The largest absolute Gasteiger partial charge is 0.383 e. The first kappa shape index (κ1) is 18.3. The smallest absolute Gasteiger partial charge is 0.351 e. The molecule has 0 aliphatic carbocycles. The van der Waals surface area contributed by atoms with E-state index < -0.39 is 23.6 Å². The van der Waals surface area contributed by atoms with Gasteiger partial charge in [0.05, 0.1) is 25.4 Å². The molecule has 3 rings (SSSR count). The summed E-state index contributed by atoms with van der Waals surface area (Å²) in [6.07, 6.45) is -0.0229. The maximum atomic E-state index is 12.3. The molecule has 0 saturated carbocycles. The first-order valence-electron chi connectivity index (χ1n) is 8.50. The van der Waals surface area contributed by atoms with Crippen LogP contribution in [0.1, 0.15) is 33.9 Å². The minimum absolute atomic E-state index is 0.0313. The average Bonchev–Trinajstić information content (AvgIpc) is 2.69. The number of hydrogen-bond donors (Lipinski definition) is 2. The molecule has 25 heavy (non-hydrogen) atoms. The number of ether oxygens (including phenoxy) is 3. The van der Waals surface area contributed by atoms with Crippen LogP contribution in [0.2, 0.25) is 0 Å². The first-order chi connectivity index (χ1) is 11.8. The van der Waals surface area contributed by atoms with Crippen molar-refractivity contribution < 1.29 is 19.0 Å². The topological polar surface area (TPSA) is 110 Å². The summed E-state index contributed by atoms with van der Waals surface area (Å²) in [5, 5.41) is 0. The molecular weight excluding hydrogens is 328 g/mol. The van der Waals surface area contributed by atoms with Crippen LogP contribution >= 0.6 is 0 Å². The lowest BCUT2D eigenvalue weighted by atomic mass is 9.94. The summed E-state index contributed by atoms with van der Waals surface area (Å²) in [5.74, 6) is 0.161. The third-order valence-corrected chi connectivity index (χ3v) is 4.25. The Bertz CT molecular complexity index is 664. The molecule has 140 valence electrons. The number of nitrogens with two attached hydrogens (primary N) is 1. The van der Waals surface area contributed by atoms with Gasteiger partial charge in [-0.3, -0.25) is 9.40 Å². The molecule has 3 N–H and O–H groups in total. The maximum Gasteiger partial charge on any atom is 0.351 e. The van der Waals surface area contributed by atoms with Crippen molar-refractivity contribution >= 4 is 5.82 Å². The highest BCUT2D eigenvalue weighted by atomic mass is 16.7. The minimum Gasteiger partial charge on any atom is -0.383 e. The summed E-state index contributed by atoms with van der Waals surface area (Å²) in [5.41, 5.74) is 7.22. The molecule has 2 saturated heterocycles. The molecule has 2 bridgehead atoms. The number of rotatable bonds is 6. The van der Waals surface area contributed by atoms with Crippen molar-refractivity contribution in [2.75, 3.05) is 18.9 Å². The second-order valence-corrected chi connectivity index (χ2v) is 6.98. The van der Waals surface area contributed by atoms with E-state index in [2.05, 4.69) is 10.5 Å². The molecule has 2 fully saturated rings. The van der Waals surface area contributed by atoms with Crippen LogP contribution in [0.3, 0.4) is 0 Å². The number of nitrogens with zero attached hydrogens (tertiary/aromatic N) is 2. The van der Waals surface area contributed by atoms with E-state index in [0.717, 1.165) is 0 Å². The molecule has 9 heteroatoms. The van der Waals surface area contributed by atoms with E-state index in [1.807, 2.05) is 27.7 Å². The fourth-order valence-electron chi connectivity index (χ4n) is 3.15. The molecule has 1 unspecified atom stereocenters. The van der Waals surface area contributed by atoms with Crippen LogP contribution in [0, 0.1) is 0 Å². The molecule has 2 aliphatic rings. The molecule has 4 atom stereocenters. The lowest BCUT2D eigenvalue weighted by Crippen LogP contribution is -2.60. The number of nitrogens with one attached hydrogen (secondary N) is 1. The summed E-state index contributed by atoms with van der Waals surface area (Å²) in [7, 11) is 0. The number of hydroxylamine groups is 1. The van der Waals surface area contributed by atoms with Gasteiger partial charge in [-0.25, -0.2) is 4.79 Å². The number of aromatic nitrogens is 2. The lowest BCUT2D eigenvalue weighted by Gasteiger charge is -2.39. The predicted octanol–water partition coefficient (Wildman–Crippen LogP) is 0.215. The van der Waals surface area contributed by atoms with Gasteiger partial charge in [0.25, 0.3) is 0 Å². The molecule has 9 nitrogen and oxygen atoms in total. The summed E-state index contributed by atoms with van der Waals surface area (Å²) in [6, 6.07) is 1.55. The van der Waals surface area contributed by atoms with Gasteiger partial charge >= 0.3 is 5.69 Å². The predicted molar refractivity (Wildman–Crippen MR) is 89.7 cm³/mol. The average molecular weight is 354 g/mol. The molecule has 0 amide bonds. The van der Waals surface area contributed by atoms with Crippen LogP contribution in [0.15, 0.2) is 17.1 Å². The number of anilines is 1. The van der Waals surface area contributed by atoms with E-state index in [1.165, 1.54) is 4.57 Å². The summed E-state index contributed by atoms with van der Waals surface area (Å²) in [4.78, 5) is 21.7. The molecular formula is C16H26N4O5. The number of fused-ring (bicyclic) bond motifs is 2. The van der Waals surface area contributed by atoms with E-state index in [0.29, 0.717) is 13.2 Å². The van der Waals surface area contributed by atoms with E-state index in [4.69, 9.17) is 24.8 Å². The summed E-state index contributed by atoms with van der Waals surface area (Å²) >= 11 is 0. The van der Waals surface area contributed by atoms with Gasteiger partial charge in [0, 0.05) is 6.20 Å². The quantitative estimate of drug-likeness (QED) is 0.746. The van der Waals surface area contributed by atoms with Crippen LogP contribution in [0.5, 0.6) is 0 Å². The molecule has 0 spiro atoms.